The molecule has 1 saturated heterocycles. The Morgan fingerprint density at radius 3 is 1.88 bits per heavy atom. The molecule has 0 amide bonds. The molecule has 0 spiro atoms. The summed E-state index contributed by atoms with van der Waals surface area (Å²) in [5.41, 5.74) is 0.534. The number of ether oxygens (including phenoxy) is 3. The van der Waals surface area contributed by atoms with Crippen molar-refractivity contribution in [2.45, 2.75) is 12.1 Å². The molecule has 1 N–H and O–H groups in total. The first-order chi connectivity index (χ1) is 11.4. The van der Waals surface area contributed by atoms with Gasteiger partial charge in [0.25, 0.3) is 0 Å². The lowest BCUT2D eigenvalue weighted by atomic mass is 9.84. The zero-order valence-corrected chi connectivity index (χ0v) is 13.4. The van der Waals surface area contributed by atoms with Crippen molar-refractivity contribution in [3.05, 3.63) is 35.6 Å². The molecule has 1 fully saturated rings. The number of methoxy groups -OCH3 is 3. The van der Waals surface area contributed by atoms with Gasteiger partial charge in [0.2, 0.25) is 0 Å². The molecule has 2 rings (SSSR count). The van der Waals surface area contributed by atoms with Crippen LogP contribution in [0.4, 0.5) is 4.39 Å². The Hall–Kier alpha value is -2.48. The molecule has 0 unspecified atom stereocenters. The molecule has 0 saturated carbocycles. The average molecular weight is 339 g/mol. The number of hydrogen-bond donors (Lipinski definition) is 1. The minimum absolute atomic E-state index is 0.444. The zero-order valence-electron chi connectivity index (χ0n) is 13.4. The Morgan fingerprint density at radius 1 is 0.875 bits per heavy atom. The topological polar surface area (TPSA) is 90.9 Å². The highest BCUT2D eigenvalue weighted by molar-refractivity contribution is 5.91. The standard InChI is InChI=1S/C16H18FNO6/c1-22-14(19)10-11(15(20)23-2)13(16(21)24-3)18-12(10)8-4-6-9(17)7-5-8/h4-7,10-13,18H,1-3H3/t10-,11+,12-,13-/m0/s1. The van der Waals surface area contributed by atoms with Crippen LogP contribution >= 0.6 is 0 Å². The van der Waals surface area contributed by atoms with E-state index in [2.05, 4.69) is 5.32 Å². The fraction of sp³-hybridized carbons (Fsp3) is 0.438. The van der Waals surface area contributed by atoms with Gasteiger partial charge in [0.15, 0.2) is 0 Å². The van der Waals surface area contributed by atoms with E-state index < -0.39 is 47.6 Å². The van der Waals surface area contributed by atoms with Crippen molar-refractivity contribution in [1.82, 2.24) is 5.32 Å². The van der Waals surface area contributed by atoms with Gasteiger partial charge in [-0.2, -0.15) is 0 Å². The van der Waals surface area contributed by atoms with E-state index in [4.69, 9.17) is 14.2 Å². The first-order valence-electron chi connectivity index (χ1n) is 7.19. The van der Waals surface area contributed by atoms with Crippen LogP contribution in [0.25, 0.3) is 0 Å². The summed E-state index contributed by atoms with van der Waals surface area (Å²) >= 11 is 0. The van der Waals surface area contributed by atoms with Crippen molar-refractivity contribution < 1.29 is 33.0 Å². The van der Waals surface area contributed by atoms with Gasteiger partial charge in [-0.05, 0) is 17.7 Å². The van der Waals surface area contributed by atoms with Crippen LogP contribution in [0.15, 0.2) is 24.3 Å². The van der Waals surface area contributed by atoms with Gasteiger partial charge in [-0.25, -0.2) is 4.39 Å². The molecule has 130 valence electrons. The Labute approximate surface area is 138 Å². The second-order valence-electron chi connectivity index (χ2n) is 5.29. The SMILES string of the molecule is COC(=O)[C@@H]1[C@H](C(=O)OC)[C@H](c2ccc(F)cc2)N[C@@H]1C(=O)OC. The van der Waals surface area contributed by atoms with E-state index in [-0.39, 0.29) is 0 Å². The number of rotatable bonds is 4. The fourth-order valence-electron chi connectivity index (χ4n) is 2.97. The summed E-state index contributed by atoms with van der Waals surface area (Å²) in [6.07, 6.45) is 0. The van der Waals surface area contributed by atoms with E-state index in [1.807, 2.05) is 0 Å². The maximum absolute atomic E-state index is 13.2. The average Bonchev–Trinajstić information content (AvgIpc) is 3.00. The smallest absolute Gasteiger partial charge is 0.323 e. The third-order valence-corrected chi connectivity index (χ3v) is 4.10. The molecule has 1 aromatic carbocycles. The van der Waals surface area contributed by atoms with E-state index in [9.17, 15) is 18.8 Å². The van der Waals surface area contributed by atoms with Crippen molar-refractivity contribution in [2.75, 3.05) is 21.3 Å². The van der Waals surface area contributed by atoms with E-state index >= 15 is 0 Å². The number of halogens is 1. The van der Waals surface area contributed by atoms with Gasteiger partial charge in [-0.15, -0.1) is 0 Å². The summed E-state index contributed by atoms with van der Waals surface area (Å²) in [5, 5.41) is 2.91. The monoisotopic (exact) mass is 339 g/mol. The zero-order chi connectivity index (χ0) is 17.9. The third-order valence-electron chi connectivity index (χ3n) is 4.10. The number of hydrogen-bond acceptors (Lipinski definition) is 7. The Kier molecular flexibility index (Phi) is 5.50. The lowest BCUT2D eigenvalue weighted by molar-refractivity contribution is -0.159. The number of esters is 3. The Bertz CT molecular complexity index is 632. The van der Waals surface area contributed by atoms with Crippen molar-refractivity contribution in [2.24, 2.45) is 11.8 Å². The molecule has 0 bridgehead atoms. The summed E-state index contributed by atoms with van der Waals surface area (Å²) in [5.74, 6) is -4.71. The highest BCUT2D eigenvalue weighted by Crippen LogP contribution is 2.39. The largest absolute Gasteiger partial charge is 0.469 e. The quantitative estimate of drug-likeness (QED) is 0.634. The van der Waals surface area contributed by atoms with Crippen molar-refractivity contribution in [3.63, 3.8) is 0 Å². The summed E-state index contributed by atoms with van der Waals surface area (Å²) in [6.45, 7) is 0. The number of benzene rings is 1. The fourth-order valence-corrected chi connectivity index (χ4v) is 2.97. The molecule has 24 heavy (non-hydrogen) atoms. The highest BCUT2D eigenvalue weighted by Gasteiger charge is 2.55. The van der Waals surface area contributed by atoms with Gasteiger partial charge in [0.1, 0.15) is 11.9 Å². The highest BCUT2D eigenvalue weighted by atomic mass is 19.1. The molecule has 0 aromatic heterocycles. The number of nitrogens with one attached hydrogen (secondary N) is 1. The maximum Gasteiger partial charge on any atom is 0.323 e. The van der Waals surface area contributed by atoms with Crippen LogP contribution in [-0.2, 0) is 28.6 Å². The minimum atomic E-state index is -1.12. The second-order valence-corrected chi connectivity index (χ2v) is 5.29. The van der Waals surface area contributed by atoms with Gasteiger partial charge in [-0.1, -0.05) is 12.1 Å². The molecule has 7 nitrogen and oxygen atoms in total. The molecular formula is C16H18FNO6. The summed E-state index contributed by atoms with van der Waals surface area (Å²) in [6, 6.07) is 3.58. The summed E-state index contributed by atoms with van der Waals surface area (Å²) in [7, 11) is 3.52. The van der Waals surface area contributed by atoms with Crippen molar-refractivity contribution in [1.29, 1.82) is 0 Å². The molecule has 1 aliphatic heterocycles. The van der Waals surface area contributed by atoms with Crippen LogP contribution in [-0.4, -0.2) is 45.3 Å². The van der Waals surface area contributed by atoms with Crippen LogP contribution in [0.3, 0.4) is 0 Å². The van der Waals surface area contributed by atoms with E-state index in [1.165, 1.54) is 38.5 Å². The van der Waals surface area contributed by atoms with Gasteiger partial charge in [0, 0.05) is 6.04 Å². The molecule has 0 aliphatic carbocycles. The van der Waals surface area contributed by atoms with Crippen LogP contribution in [0.2, 0.25) is 0 Å². The van der Waals surface area contributed by atoms with Crippen molar-refractivity contribution in [3.8, 4) is 0 Å². The first-order valence-corrected chi connectivity index (χ1v) is 7.19. The van der Waals surface area contributed by atoms with Crippen molar-refractivity contribution >= 4 is 17.9 Å². The molecule has 8 heteroatoms. The number of carbonyl (C=O) groups excluding carboxylic acids is 3. The van der Waals surface area contributed by atoms with Gasteiger partial charge >= 0.3 is 17.9 Å². The molecule has 4 atom stereocenters. The lowest BCUT2D eigenvalue weighted by Gasteiger charge is -2.21. The first kappa shape index (κ1) is 17.9. The molecule has 1 heterocycles. The van der Waals surface area contributed by atoms with Gasteiger partial charge < -0.3 is 14.2 Å². The predicted octanol–water partition coefficient (Wildman–Crippen LogP) is 0.590. The van der Waals surface area contributed by atoms with E-state index in [1.54, 1.807) is 0 Å². The normalized spacial score (nSPS) is 25.8. The molecular weight excluding hydrogens is 321 g/mol. The summed E-state index contributed by atoms with van der Waals surface area (Å²) < 4.78 is 27.4. The van der Waals surface area contributed by atoms with Crippen LogP contribution in [0.5, 0.6) is 0 Å². The van der Waals surface area contributed by atoms with Gasteiger partial charge in [0.05, 0.1) is 33.2 Å². The number of carbonyl (C=O) groups is 3. The van der Waals surface area contributed by atoms with Crippen LogP contribution < -0.4 is 5.32 Å². The van der Waals surface area contributed by atoms with E-state index in [0.717, 1.165) is 7.11 Å². The van der Waals surface area contributed by atoms with Crippen LogP contribution in [0, 0.1) is 17.7 Å². The minimum Gasteiger partial charge on any atom is -0.469 e. The Morgan fingerprint density at radius 2 is 1.38 bits per heavy atom. The Balaban J connectivity index is 2.48. The predicted molar refractivity (Wildman–Crippen MR) is 79.1 cm³/mol. The summed E-state index contributed by atoms with van der Waals surface area (Å²) in [4.78, 5) is 36.5. The molecule has 1 aliphatic rings. The molecule has 0 radical (unpaired) electrons. The lowest BCUT2D eigenvalue weighted by Crippen LogP contribution is -2.42. The maximum atomic E-state index is 13.2. The van der Waals surface area contributed by atoms with E-state index in [0.29, 0.717) is 5.56 Å². The van der Waals surface area contributed by atoms with Gasteiger partial charge in [-0.3, -0.25) is 19.7 Å². The van der Waals surface area contributed by atoms with Crippen LogP contribution in [0.1, 0.15) is 11.6 Å². The second kappa shape index (κ2) is 7.39. The molecule has 1 aromatic rings. The third kappa shape index (κ3) is 3.23.